The molecule has 3 aromatic rings. The minimum atomic E-state index is -4.57. The highest BCUT2D eigenvalue weighted by molar-refractivity contribution is 5.94. The number of aromatic amines is 1. The van der Waals surface area contributed by atoms with E-state index in [1.807, 2.05) is 0 Å². The van der Waals surface area contributed by atoms with Crippen LogP contribution in [0.2, 0.25) is 0 Å². The minimum Gasteiger partial charge on any atom is -0.490 e. The van der Waals surface area contributed by atoms with E-state index in [1.54, 1.807) is 30.3 Å². The second kappa shape index (κ2) is 8.59. The summed E-state index contributed by atoms with van der Waals surface area (Å²) in [5.74, 6) is -0.946. The predicted molar refractivity (Wildman–Crippen MR) is 98.4 cm³/mol. The maximum atomic E-state index is 13.2. The van der Waals surface area contributed by atoms with Gasteiger partial charge in [0.1, 0.15) is 12.4 Å². The molecule has 0 spiro atoms. The lowest BCUT2D eigenvalue weighted by atomic mass is 10.1. The molecule has 0 fully saturated rings. The van der Waals surface area contributed by atoms with Gasteiger partial charge < -0.3 is 10.1 Å². The number of ether oxygens (including phenoxy) is 1. The van der Waals surface area contributed by atoms with Crippen LogP contribution in [0.5, 0.6) is 5.75 Å². The quantitative estimate of drug-likeness (QED) is 0.661. The molecular formula is C20H16F3N3O3. The molecule has 0 radical (unpaired) electrons. The molecule has 0 aliphatic rings. The number of H-pyrrole nitrogens is 1. The summed E-state index contributed by atoms with van der Waals surface area (Å²) >= 11 is 0. The standard InChI is InChI=1S/C20H16F3N3O3/c21-20(22,23)15-8-4-5-9-17(15)29-12-16(13-6-2-1-3-7-13)25-19(28)14-10-18(27)26-24-11-14/h1-11,16H,12H2,(H,25,28)(H,26,27). The number of benzene rings is 2. The normalized spacial score (nSPS) is 12.2. The third-order valence-electron chi connectivity index (χ3n) is 4.03. The lowest BCUT2D eigenvalue weighted by Crippen LogP contribution is -2.33. The van der Waals surface area contributed by atoms with Gasteiger partial charge in [0.05, 0.1) is 23.4 Å². The molecule has 0 aliphatic carbocycles. The molecule has 29 heavy (non-hydrogen) atoms. The Morgan fingerprint density at radius 3 is 2.48 bits per heavy atom. The fourth-order valence-corrected chi connectivity index (χ4v) is 2.65. The molecule has 9 heteroatoms. The predicted octanol–water partition coefficient (Wildman–Crippen LogP) is 3.34. The number of para-hydroxylation sites is 1. The number of halogens is 3. The van der Waals surface area contributed by atoms with Crippen molar-refractivity contribution in [3.05, 3.63) is 93.9 Å². The number of carbonyl (C=O) groups excluding carboxylic acids is 1. The third-order valence-corrected chi connectivity index (χ3v) is 4.03. The van der Waals surface area contributed by atoms with Gasteiger partial charge >= 0.3 is 6.18 Å². The minimum absolute atomic E-state index is 0.0189. The molecule has 0 bridgehead atoms. The van der Waals surface area contributed by atoms with Crippen LogP contribution in [0.1, 0.15) is 27.5 Å². The second-order valence-electron chi connectivity index (χ2n) is 6.08. The highest BCUT2D eigenvalue weighted by atomic mass is 19.4. The van der Waals surface area contributed by atoms with Crippen molar-refractivity contribution in [1.82, 2.24) is 15.5 Å². The highest BCUT2D eigenvalue weighted by Gasteiger charge is 2.34. The van der Waals surface area contributed by atoms with Crippen molar-refractivity contribution in [1.29, 1.82) is 0 Å². The lowest BCUT2D eigenvalue weighted by Gasteiger charge is -2.21. The van der Waals surface area contributed by atoms with Gasteiger partial charge in [-0.3, -0.25) is 9.59 Å². The van der Waals surface area contributed by atoms with E-state index in [4.69, 9.17) is 4.74 Å². The molecule has 3 rings (SSSR count). The summed E-state index contributed by atoms with van der Waals surface area (Å²) in [4.78, 5) is 23.8. The first kappa shape index (κ1) is 20.1. The highest BCUT2D eigenvalue weighted by Crippen LogP contribution is 2.36. The summed E-state index contributed by atoms with van der Waals surface area (Å²) in [6.45, 7) is -0.251. The summed E-state index contributed by atoms with van der Waals surface area (Å²) in [6, 6.07) is 13.8. The Bertz CT molecular complexity index is 1040. The number of amides is 1. The van der Waals surface area contributed by atoms with Crippen LogP contribution < -0.4 is 15.6 Å². The van der Waals surface area contributed by atoms with Crippen LogP contribution in [0.15, 0.2) is 71.7 Å². The Hall–Kier alpha value is -3.62. The topological polar surface area (TPSA) is 84.1 Å². The Labute approximate surface area is 163 Å². The maximum absolute atomic E-state index is 13.2. The van der Waals surface area contributed by atoms with Crippen LogP contribution >= 0.6 is 0 Å². The summed E-state index contributed by atoms with van der Waals surface area (Å²) in [6.07, 6.45) is -3.39. The van der Waals surface area contributed by atoms with E-state index >= 15 is 0 Å². The van der Waals surface area contributed by atoms with E-state index in [1.165, 1.54) is 24.4 Å². The van der Waals surface area contributed by atoms with Crippen molar-refractivity contribution in [3.8, 4) is 5.75 Å². The summed E-state index contributed by atoms with van der Waals surface area (Å²) < 4.78 is 44.9. The van der Waals surface area contributed by atoms with Crippen molar-refractivity contribution in [3.63, 3.8) is 0 Å². The molecule has 1 unspecified atom stereocenters. The van der Waals surface area contributed by atoms with Gasteiger partial charge in [-0.25, -0.2) is 5.10 Å². The number of rotatable bonds is 6. The molecule has 0 saturated carbocycles. The SMILES string of the molecule is O=C(NC(COc1ccccc1C(F)(F)F)c1ccccc1)c1cn[nH]c(=O)c1. The van der Waals surface area contributed by atoms with E-state index in [2.05, 4.69) is 15.5 Å². The average molecular weight is 403 g/mol. The number of aromatic nitrogens is 2. The van der Waals surface area contributed by atoms with Crippen LogP contribution in [0.3, 0.4) is 0 Å². The smallest absolute Gasteiger partial charge is 0.419 e. The molecule has 1 atom stereocenters. The number of hydrogen-bond acceptors (Lipinski definition) is 4. The number of carbonyl (C=O) groups is 1. The fraction of sp³-hybridized carbons (Fsp3) is 0.150. The first-order valence-corrected chi connectivity index (χ1v) is 8.54. The molecule has 150 valence electrons. The van der Waals surface area contributed by atoms with E-state index in [-0.39, 0.29) is 17.9 Å². The molecule has 1 amide bonds. The Kier molecular flexibility index (Phi) is 5.96. The van der Waals surface area contributed by atoms with Crippen molar-refractivity contribution in [2.45, 2.75) is 12.2 Å². The van der Waals surface area contributed by atoms with Crippen molar-refractivity contribution < 1.29 is 22.7 Å². The van der Waals surface area contributed by atoms with Crippen LogP contribution in [0.25, 0.3) is 0 Å². The van der Waals surface area contributed by atoms with Crippen molar-refractivity contribution in [2.75, 3.05) is 6.61 Å². The zero-order valence-corrected chi connectivity index (χ0v) is 14.9. The van der Waals surface area contributed by atoms with Crippen LogP contribution in [0, 0.1) is 0 Å². The first-order valence-electron chi connectivity index (χ1n) is 8.54. The van der Waals surface area contributed by atoms with Gasteiger partial charge in [-0.15, -0.1) is 0 Å². The zero-order valence-electron chi connectivity index (χ0n) is 14.9. The average Bonchev–Trinajstić information content (AvgIpc) is 2.71. The van der Waals surface area contributed by atoms with Crippen molar-refractivity contribution in [2.24, 2.45) is 0 Å². The summed E-state index contributed by atoms with van der Waals surface area (Å²) in [5.41, 5.74) is -0.810. The number of alkyl halides is 3. The monoisotopic (exact) mass is 403 g/mol. The van der Waals surface area contributed by atoms with Gasteiger partial charge in [0, 0.05) is 6.07 Å². The van der Waals surface area contributed by atoms with Gasteiger partial charge in [-0.05, 0) is 17.7 Å². The zero-order chi connectivity index (χ0) is 20.9. The summed E-state index contributed by atoms with van der Waals surface area (Å²) in [7, 11) is 0. The fourth-order valence-electron chi connectivity index (χ4n) is 2.65. The van der Waals surface area contributed by atoms with Crippen LogP contribution in [-0.2, 0) is 6.18 Å². The van der Waals surface area contributed by atoms with Crippen molar-refractivity contribution >= 4 is 5.91 Å². The van der Waals surface area contributed by atoms with E-state index < -0.39 is 29.2 Å². The van der Waals surface area contributed by atoms with Gasteiger partial charge in [0.25, 0.3) is 11.5 Å². The number of nitrogens with one attached hydrogen (secondary N) is 2. The first-order chi connectivity index (χ1) is 13.8. The molecule has 2 aromatic carbocycles. The molecule has 1 aromatic heterocycles. The molecule has 2 N–H and O–H groups in total. The second-order valence-corrected chi connectivity index (χ2v) is 6.08. The van der Waals surface area contributed by atoms with Crippen LogP contribution in [0.4, 0.5) is 13.2 Å². The Balaban J connectivity index is 1.83. The molecule has 0 saturated heterocycles. The van der Waals surface area contributed by atoms with Gasteiger partial charge in [-0.2, -0.15) is 18.3 Å². The molecule has 6 nitrogen and oxygen atoms in total. The van der Waals surface area contributed by atoms with E-state index in [0.717, 1.165) is 12.1 Å². The Morgan fingerprint density at radius 2 is 1.79 bits per heavy atom. The number of hydrogen-bond donors (Lipinski definition) is 2. The van der Waals surface area contributed by atoms with E-state index in [9.17, 15) is 22.8 Å². The number of nitrogens with zero attached hydrogens (tertiary/aromatic N) is 1. The van der Waals surface area contributed by atoms with E-state index in [0.29, 0.717) is 5.56 Å². The lowest BCUT2D eigenvalue weighted by molar-refractivity contribution is -0.139. The molecule has 1 heterocycles. The maximum Gasteiger partial charge on any atom is 0.419 e. The van der Waals surface area contributed by atoms with Gasteiger partial charge in [-0.1, -0.05) is 42.5 Å². The third kappa shape index (κ3) is 5.22. The Morgan fingerprint density at radius 1 is 1.10 bits per heavy atom. The molecule has 0 aliphatic heterocycles. The van der Waals surface area contributed by atoms with Gasteiger partial charge in [0.15, 0.2) is 0 Å². The largest absolute Gasteiger partial charge is 0.490 e. The molecular weight excluding hydrogens is 387 g/mol. The van der Waals surface area contributed by atoms with Gasteiger partial charge in [0.2, 0.25) is 0 Å². The summed E-state index contributed by atoms with van der Waals surface area (Å²) in [5, 5.41) is 8.39. The van der Waals surface area contributed by atoms with Crippen LogP contribution in [-0.4, -0.2) is 22.7 Å².